The predicted octanol–water partition coefficient (Wildman–Crippen LogP) is 1.85. The van der Waals surface area contributed by atoms with Gasteiger partial charge in [0.1, 0.15) is 5.75 Å². The highest BCUT2D eigenvalue weighted by Crippen LogP contribution is 2.28. The van der Waals surface area contributed by atoms with E-state index in [-0.39, 0.29) is 34.7 Å². The summed E-state index contributed by atoms with van der Waals surface area (Å²) in [5.74, 6) is -0.550. The summed E-state index contributed by atoms with van der Waals surface area (Å²) in [5.41, 5.74) is 0. The second-order valence-corrected chi connectivity index (χ2v) is 6.28. The van der Waals surface area contributed by atoms with Crippen LogP contribution in [0, 0.1) is 5.92 Å². The monoisotopic (exact) mass is 329 g/mol. The van der Waals surface area contributed by atoms with Crippen LogP contribution in [0.1, 0.15) is 6.92 Å². The fourth-order valence-corrected chi connectivity index (χ4v) is 2.72. The van der Waals surface area contributed by atoms with E-state index in [1.807, 2.05) is 0 Å². The van der Waals surface area contributed by atoms with Crippen LogP contribution in [0.15, 0.2) is 23.1 Å². The van der Waals surface area contributed by atoms with Gasteiger partial charge in [0, 0.05) is 13.2 Å². The molecule has 9 heteroatoms. The number of aliphatic hydroxyl groups excluding tert-OH is 1. The molecule has 0 spiro atoms. The Kier molecular flexibility index (Phi) is 6.12. The molecule has 0 amide bonds. The van der Waals surface area contributed by atoms with E-state index in [2.05, 4.69) is 9.46 Å². The Bertz CT molecular complexity index is 553. The summed E-state index contributed by atoms with van der Waals surface area (Å²) in [7, 11) is -3.82. The molecule has 5 nitrogen and oxygen atoms in total. The lowest BCUT2D eigenvalue weighted by Gasteiger charge is -2.12. The Hall–Kier alpha value is -0.960. The molecule has 114 valence electrons. The van der Waals surface area contributed by atoms with E-state index in [1.165, 1.54) is 0 Å². The molecule has 2 N–H and O–H groups in total. The molecule has 0 radical (unpaired) electrons. The predicted molar refractivity (Wildman–Crippen MR) is 69.5 cm³/mol. The van der Waals surface area contributed by atoms with Gasteiger partial charge in [0.15, 0.2) is 0 Å². The fourth-order valence-electron chi connectivity index (χ4n) is 1.24. The average molecular weight is 330 g/mol. The molecule has 1 atom stereocenters. The summed E-state index contributed by atoms with van der Waals surface area (Å²) in [5, 5.41) is 8.59. The van der Waals surface area contributed by atoms with Crippen LogP contribution in [-0.2, 0) is 10.0 Å². The Balaban J connectivity index is 2.88. The number of alkyl halides is 2. The van der Waals surface area contributed by atoms with Crippen molar-refractivity contribution in [1.29, 1.82) is 0 Å². The van der Waals surface area contributed by atoms with Crippen LogP contribution in [0.5, 0.6) is 5.75 Å². The highest BCUT2D eigenvalue weighted by molar-refractivity contribution is 7.89. The zero-order valence-corrected chi connectivity index (χ0v) is 12.1. The third-order valence-corrected chi connectivity index (χ3v) is 4.08. The van der Waals surface area contributed by atoms with Gasteiger partial charge in [-0.25, -0.2) is 13.1 Å². The van der Waals surface area contributed by atoms with Crippen molar-refractivity contribution in [1.82, 2.24) is 4.72 Å². The van der Waals surface area contributed by atoms with Gasteiger partial charge in [0.25, 0.3) is 0 Å². The lowest BCUT2D eigenvalue weighted by atomic mass is 10.2. The minimum absolute atomic E-state index is 0.0474. The summed E-state index contributed by atoms with van der Waals surface area (Å²) in [4.78, 5) is -0.172. The van der Waals surface area contributed by atoms with Crippen molar-refractivity contribution >= 4 is 21.6 Å². The molecule has 20 heavy (non-hydrogen) atoms. The first-order valence-corrected chi connectivity index (χ1v) is 7.47. The molecule has 0 bridgehead atoms. The third kappa shape index (κ3) is 4.86. The standard InChI is InChI=1S/C11H14ClF2NO4S/c1-7(6-16)5-15-20(17,18)8-2-3-10(9(12)4-8)19-11(13)14/h2-4,7,11,15-16H,5-6H2,1H3. The lowest BCUT2D eigenvalue weighted by Crippen LogP contribution is -2.29. The van der Waals surface area contributed by atoms with Crippen molar-refractivity contribution in [2.45, 2.75) is 18.4 Å². The van der Waals surface area contributed by atoms with Crippen molar-refractivity contribution in [2.75, 3.05) is 13.2 Å². The SMILES string of the molecule is CC(CO)CNS(=O)(=O)c1ccc(OC(F)F)c(Cl)c1. The molecule has 0 fully saturated rings. The molecule has 1 aromatic rings. The van der Waals surface area contributed by atoms with Gasteiger partial charge in [-0.3, -0.25) is 0 Å². The van der Waals surface area contributed by atoms with Gasteiger partial charge in [-0.1, -0.05) is 18.5 Å². The van der Waals surface area contributed by atoms with E-state index in [1.54, 1.807) is 6.92 Å². The molecule has 1 rings (SSSR count). The minimum Gasteiger partial charge on any atom is -0.433 e. The summed E-state index contributed by atoms with van der Waals surface area (Å²) >= 11 is 5.68. The van der Waals surface area contributed by atoms with Gasteiger partial charge in [-0.05, 0) is 24.1 Å². The molecule has 1 aromatic carbocycles. The molecule has 0 aromatic heterocycles. The maximum atomic E-state index is 12.0. The molecule has 0 heterocycles. The molecule has 0 aliphatic carbocycles. The van der Waals surface area contributed by atoms with Crippen LogP contribution in [0.3, 0.4) is 0 Å². The number of sulfonamides is 1. The van der Waals surface area contributed by atoms with Gasteiger partial charge in [-0.2, -0.15) is 8.78 Å². The van der Waals surface area contributed by atoms with Crippen LogP contribution < -0.4 is 9.46 Å². The Labute approximate surface area is 120 Å². The number of rotatable bonds is 7. The number of nitrogens with one attached hydrogen (secondary N) is 1. The van der Waals surface area contributed by atoms with Crippen LogP contribution >= 0.6 is 11.6 Å². The maximum Gasteiger partial charge on any atom is 0.387 e. The minimum atomic E-state index is -3.82. The molecule has 0 aliphatic heterocycles. The van der Waals surface area contributed by atoms with Crippen molar-refractivity contribution in [3.05, 3.63) is 23.2 Å². The Morgan fingerprint density at radius 3 is 2.60 bits per heavy atom. The third-order valence-electron chi connectivity index (χ3n) is 2.36. The number of halogens is 3. The summed E-state index contributed by atoms with van der Waals surface area (Å²) in [6, 6.07) is 3.18. The van der Waals surface area contributed by atoms with Crippen LogP contribution in [0.4, 0.5) is 8.78 Å². The van der Waals surface area contributed by atoms with Crippen molar-refractivity contribution < 1.29 is 27.0 Å². The van der Waals surface area contributed by atoms with E-state index in [0.29, 0.717) is 0 Å². The van der Waals surface area contributed by atoms with Crippen molar-refractivity contribution in [2.24, 2.45) is 5.92 Å². The number of benzene rings is 1. The Morgan fingerprint density at radius 2 is 2.10 bits per heavy atom. The quantitative estimate of drug-likeness (QED) is 0.800. The van der Waals surface area contributed by atoms with Crippen LogP contribution in [0.2, 0.25) is 5.02 Å². The average Bonchev–Trinajstić information content (AvgIpc) is 2.37. The van der Waals surface area contributed by atoms with E-state index in [0.717, 1.165) is 18.2 Å². The van der Waals surface area contributed by atoms with Gasteiger partial charge in [-0.15, -0.1) is 0 Å². The number of ether oxygens (including phenoxy) is 1. The molecule has 1 unspecified atom stereocenters. The molecule has 0 saturated heterocycles. The normalized spacial score (nSPS) is 13.5. The van der Waals surface area contributed by atoms with Crippen molar-refractivity contribution in [3.8, 4) is 5.75 Å². The van der Waals surface area contributed by atoms with Crippen LogP contribution in [-0.4, -0.2) is 33.3 Å². The fraction of sp³-hybridized carbons (Fsp3) is 0.455. The van der Waals surface area contributed by atoms with Gasteiger partial charge in [0.2, 0.25) is 10.0 Å². The largest absolute Gasteiger partial charge is 0.433 e. The van der Waals surface area contributed by atoms with E-state index in [4.69, 9.17) is 16.7 Å². The zero-order chi connectivity index (χ0) is 15.3. The first-order chi connectivity index (χ1) is 9.26. The topological polar surface area (TPSA) is 75.6 Å². The summed E-state index contributed by atoms with van der Waals surface area (Å²) in [6.45, 7) is -1.50. The van der Waals surface area contributed by atoms with E-state index < -0.39 is 16.6 Å². The maximum absolute atomic E-state index is 12.0. The lowest BCUT2D eigenvalue weighted by molar-refractivity contribution is -0.0498. The number of aliphatic hydroxyl groups is 1. The van der Waals surface area contributed by atoms with E-state index in [9.17, 15) is 17.2 Å². The number of hydrogen-bond donors (Lipinski definition) is 2. The summed E-state index contributed by atoms with van der Waals surface area (Å²) < 4.78 is 54.3. The first-order valence-electron chi connectivity index (χ1n) is 5.61. The van der Waals surface area contributed by atoms with Gasteiger partial charge >= 0.3 is 6.61 Å². The second kappa shape index (κ2) is 7.16. The second-order valence-electron chi connectivity index (χ2n) is 4.11. The Morgan fingerprint density at radius 1 is 1.45 bits per heavy atom. The smallest absolute Gasteiger partial charge is 0.387 e. The number of hydrogen-bond acceptors (Lipinski definition) is 4. The summed E-state index contributed by atoms with van der Waals surface area (Å²) in [6.07, 6.45) is 0. The highest BCUT2D eigenvalue weighted by atomic mass is 35.5. The van der Waals surface area contributed by atoms with Gasteiger partial charge < -0.3 is 9.84 Å². The first kappa shape index (κ1) is 17.1. The van der Waals surface area contributed by atoms with Crippen molar-refractivity contribution in [3.63, 3.8) is 0 Å². The van der Waals surface area contributed by atoms with E-state index >= 15 is 0 Å². The molecule has 0 aliphatic rings. The molecular formula is C11H14ClF2NO4S. The zero-order valence-electron chi connectivity index (χ0n) is 10.5. The molecule has 0 saturated carbocycles. The highest BCUT2D eigenvalue weighted by Gasteiger charge is 2.18. The van der Waals surface area contributed by atoms with Gasteiger partial charge in [0.05, 0.1) is 9.92 Å². The van der Waals surface area contributed by atoms with Crippen LogP contribution in [0.25, 0.3) is 0 Å². The molecular weight excluding hydrogens is 316 g/mol.